The number of benzene rings is 1. The Morgan fingerprint density at radius 1 is 1.15 bits per heavy atom. The van der Waals surface area contributed by atoms with Crippen LogP contribution in [0.3, 0.4) is 0 Å². The molecule has 3 heterocycles. The summed E-state index contributed by atoms with van der Waals surface area (Å²) in [5.74, 6) is 1.09. The molecular weight excluding hydrogens is 338 g/mol. The van der Waals surface area contributed by atoms with Crippen molar-refractivity contribution in [3.63, 3.8) is 0 Å². The van der Waals surface area contributed by atoms with Gasteiger partial charge in [-0.2, -0.15) is 0 Å². The summed E-state index contributed by atoms with van der Waals surface area (Å²) in [4.78, 5) is 24.9. The molecule has 0 spiro atoms. The molecule has 1 aliphatic heterocycles. The lowest BCUT2D eigenvalue weighted by molar-refractivity contribution is -0.117. The number of Topliss-reactive ketones (excluding diaryl/α,β-unsaturated/α-hetero) is 1. The normalized spacial score (nSPS) is 18.1. The molecule has 0 saturated carbocycles. The van der Waals surface area contributed by atoms with Crippen LogP contribution in [0.1, 0.15) is 38.1 Å². The van der Waals surface area contributed by atoms with Gasteiger partial charge in [0.25, 0.3) is 0 Å². The Labute approximate surface area is 157 Å². The van der Waals surface area contributed by atoms with E-state index in [4.69, 9.17) is 4.98 Å². The zero-order valence-corrected chi connectivity index (χ0v) is 15.4. The van der Waals surface area contributed by atoms with Gasteiger partial charge in [0.05, 0.1) is 23.4 Å². The number of nitrogens with zero attached hydrogens (tertiary/aromatic N) is 3. The Morgan fingerprint density at radius 2 is 1.96 bits per heavy atom. The van der Waals surface area contributed by atoms with Gasteiger partial charge in [-0.05, 0) is 51.0 Å². The van der Waals surface area contributed by atoms with E-state index in [1.54, 1.807) is 12.5 Å². The number of aryl methyl sites for hydroxylation is 1. The second kappa shape index (κ2) is 5.67. The summed E-state index contributed by atoms with van der Waals surface area (Å²) in [5.41, 5.74) is 5.68. The number of rotatable bonds is 2. The summed E-state index contributed by atoms with van der Waals surface area (Å²) in [6.07, 6.45) is 7.56. The highest BCUT2D eigenvalue weighted by atomic mass is 16.1. The Morgan fingerprint density at radius 3 is 2.70 bits per heavy atom. The van der Waals surface area contributed by atoms with Crippen LogP contribution in [-0.4, -0.2) is 30.8 Å². The number of H-pyrrole nitrogens is 1. The molecule has 0 saturated heterocycles. The van der Waals surface area contributed by atoms with Crippen molar-refractivity contribution in [3.8, 4) is 17.1 Å². The number of hydrogen-bond donors (Lipinski definition) is 2. The summed E-state index contributed by atoms with van der Waals surface area (Å²) in [6, 6.07) is 8.21. The summed E-state index contributed by atoms with van der Waals surface area (Å²) >= 11 is 0. The van der Waals surface area contributed by atoms with Crippen LogP contribution in [-0.2, 0) is 11.2 Å². The molecule has 0 bridgehead atoms. The van der Waals surface area contributed by atoms with E-state index in [-0.39, 0.29) is 11.3 Å². The van der Waals surface area contributed by atoms with E-state index in [9.17, 15) is 4.79 Å². The lowest BCUT2D eigenvalue weighted by Crippen LogP contribution is -2.45. The van der Waals surface area contributed by atoms with Crippen LogP contribution in [0, 0.1) is 0 Å². The topological polar surface area (TPSA) is 75.6 Å². The molecule has 2 N–H and O–H groups in total. The minimum atomic E-state index is -0.234. The third kappa shape index (κ3) is 2.68. The second-order valence-corrected chi connectivity index (χ2v) is 7.89. The fraction of sp³-hybridized carbons (Fsp3) is 0.286. The Kier molecular flexibility index (Phi) is 3.37. The van der Waals surface area contributed by atoms with Crippen LogP contribution in [0.25, 0.3) is 22.8 Å². The van der Waals surface area contributed by atoms with Gasteiger partial charge in [0, 0.05) is 41.2 Å². The van der Waals surface area contributed by atoms with Gasteiger partial charge < -0.3 is 14.9 Å². The van der Waals surface area contributed by atoms with Crippen LogP contribution in [0.2, 0.25) is 0 Å². The highest BCUT2D eigenvalue weighted by molar-refractivity contribution is 6.05. The monoisotopic (exact) mass is 359 g/mol. The van der Waals surface area contributed by atoms with E-state index in [1.165, 1.54) is 0 Å². The minimum absolute atomic E-state index is 0.234. The largest absolute Gasteiger partial charge is 0.378 e. The number of imidazole rings is 2. The Hall–Kier alpha value is -3.15. The molecule has 0 unspecified atom stereocenters. The van der Waals surface area contributed by atoms with Crippen LogP contribution < -0.4 is 5.32 Å². The van der Waals surface area contributed by atoms with Crippen molar-refractivity contribution in [2.45, 2.75) is 38.6 Å². The Bertz CT molecular complexity index is 1050. The SMILES string of the molecule is CC1(C)CC(=O)C2=C(N1)c1[nH]c(-c3ccc(-n4ccnc4)cc3)nc1CC2. The number of carbonyl (C=O) groups is 1. The molecule has 0 radical (unpaired) electrons. The fourth-order valence-corrected chi connectivity index (χ4v) is 3.96. The number of carbonyl (C=O) groups excluding carboxylic acids is 1. The predicted molar refractivity (Wildman–Crippen MR) is 103 cm³/mol. The Balaban J connectivity index is 1.52. The molecule has 1 aromatic carbocycles. The number of aromatic nitrogens is 4. The number of hydrogen-bond acceptors (Lipinski definition) is 4. The zero-order chi connectivity index (χ0) is 18.6. The van der Waals surface area contributed by atoms with Crippen LogP contribution >= 0.6 is 0 Å². The van der Waals surface area contributed by atoms with Crippen molar-refractivity contribution >= 4 is 11.5 Å². The van der Waals surface area contributed by atoms with Gasteiger partial charge >= 0.3 is 0 Å². The van der Waals surface area contributed by atoms with Gasteiger partial charge in [-0.1, -0.05) is 0 Å². The van der Waals surface area contributed by atoms with Gasteiger partial charge in [-0.15, -0.1) is 0 Å². The maximum Gasteiger partial charge on any atom is 0.163 e. The third-order valence-corrected chi connectivity index (χ3v) is 5.29. The lowest BCUT2D eigenvalue weighted by atomic mass is 9.83. The fourth-order valence-electron chi connectivity index (χ4n) is 3.96. The number of allylic oxidation sites excluding steroid dienone is 1. The molecule has 6 nitrogen and oxygen atoms in total. The average Bonchev–Trinajstić information content (AvgIpc) is 3.31. The third-order valence-electron chi connectivity index (χ3n) is 5.29. The van der Waals surface area contributed by atoms with Gasteiger partial charge in [0.1, 0.15) is 5.82 Å². The smallest absolute Gasteiger partial charge is 0.163 e. The standard InChI is InChI=1S/C21H21N5O/c1-21(2)11-17(27)15-7-8-16-19(18(15)25-21)24-20(23-16)13-3-5-14(6-4-13)26-10-9-22-12-26/h3-6,9-10,12,25H,7-8,11H2,1-2H3,(H,23,24). The highest BCUT2D eigenvalue weighted by Gasteiger charge is 2.36. The average molecular weight is 359 g/mol. The van der Waals surface area contributed by atoms with Crippen molar-refractivity contribution in [2.75, 3.05) is 0 Å². The number of fused-ring (bicyclic) bond motifs is 2. The highest BCUT2D eigenvalue weighted by Crippen LogP contribution is 2.36. The predicted octanol–water partition coefficient (Wildman–Crippen LogP) is 3.26. The number of ketones is 1. The maximum atomic E-state index is 12.5. The molecule has 0 atom stereocenters. The van der Waals surface area contributed by atoms with Crippen molar-refractivity contribution in [2.24, 2.45) is 0 Å². The van der Waals surface area contributed by atoms with Crippen LogP contribution in [0.5, 0.6) is 0 Å². The van der Waals surface area contributed by atoms with Crippen LogP contribution in [0.4, 0.5) is 0 Å². The quantitative estimate of drug-likeness (QED) is 0.736. The first-order valence-corrected chi connectivity index (χ1v) is 9.23. The van der Waals surface area contributed by atoms with E-state index in [0.29, 0.717) is 6.42 Å². The molecule has 5 rings (SSSR count). The van der Waals surface area contributed by atoms with Gasteiger partial charge in [-0.3, -0.25) is 4.79 Å². The molecular formula is C21H21N5O. The second-order valence-electron chi connectivity index (χ2n) is 7.89. The van der Waals surface area contributed by atoms with E-state index >= 15 is 0 Å². The lowest BCUT2D eigenvalue weighted by Gasteiger charge is -2.36. The van der Waals surface area contributed by atoms with Gasteiger partial charge in [-0.25, -0.2) is 9.97 Å². The van der Waals surface area contributed by atoms with E-state index < -0.39 is 0 Å². The molecule has 2 aromatic heterocycles. The molecule has 1 aliphatic carbocycles. The molecule has 136 valence electrons. The van der Waals surface area contributed by atoms with E-state index in [0.717, 1.165) is 52.6 Å². The molecule has 27 heavy (non-hydrogen) atoms. The van der Waals surface area contributed by atoms with E-state index in [2.05, 4.69) is 53.4 Å². The maximum absolute atomic E-state index is 12.5. The number of nitrogens with one attached hydrogen (secondary N) is 2. The molecule has 0 fully saturated rings. The molecule has 6 heteroatoms. The minimum Gasteiger partial charge on any atom is -0.378 e. The zero-order valence-electron chi connectivity index (χ0n) is 15.4. The summed E-state index contributed by atoms with van der Waals surface area (Å²) in [7, 11) is 0. The van der Waals surface area contributed by atoms with Gasteiger partial charge in [0.15, 0.2) is 5.78 Å². The summed E-state index contributed by atoms with van der Waals surface area (Å²) in [6.45, 7) is 4.13. The molecule has 3 aromatic rings. The molecule has 2 aliphatic rings. The summed E-state index contributed by atoms with van der Waals surface area (Å²) < 4.78 is 1.97. The first kappa shape index (κ1) is 16.1. The van der Waals surface area contributed by atoms with E-state index in [1.807, 2.05) is 10.8 Å². The first-order chi connectivity index (χ1) is 13.0. The summed E-state index contributed by atoms with van der Waals surface area (Å²) in [5, 5.41) is 3.55. The van der Waals surface area contributed by atoms with Crippen molar-refractivity contribution < 1.29 is 4.79 Å². The van der Waals surface area contributed by atoms with Crippen molar-refractivity contribution in [3.05, 3.63) is 59.9 Å². The van der Waals surface area contributed by atoms with Crippen LogP contribution in [0.15, 0.2) is 48.6 Å². The van der Waals surface area contributed by atoms with Gasteiger partial charge in [0.2, 0.25) is 0 Å². The molecule has 0 amide bonds. The van der Waals surface area contributed by atoms with Crippen molar-refractivity contribution in [1.29, 1.82) is 0 Å². The number of aromatic amines is 1. The van der Waals surface area contributed by atoms with Crippen molar-refractivity contribution in [1.82, 2.24) is 24.8 Å². The first-order valence-electron chi connectivity index (χ1n) is 9.23.